The molecule has 1 aromatic carbocycles. The van der Waals surface area contributed by atoms with Crippen LogP contribution < -0.4 is 10.0 Å². The molecular weight excluding hydrogens is 310 g/mol. The summed E-state index contributed by atoms with van der Waals surface area (Å²) in [7, 11) is -3.63. The minimum absolute atomic E-state index is 0.330. The molecule has 124 valence electrons. The lowest BCUT2D eigenvalue weighted by molar-refractivity contribution is 0.600. The second-order valence-corrected chi connectivity index (χ2v) is 7.31. The molecule has 0 fully saturated rings. The Morgan fingerprint density at radius 3 is 2.26 bits per heavy atom. The van der Waals surface area contributed by atoms with Crippen LogP contribution in [-0.4, -0.2) is 19.9 Å². The number of nitrogens with one attached hydrogen (secondary N) is 2. The maximum absolute atomic E-state index is 12.7. The summed E-state index contributed by atoms with van der Waals surface area (Å²) < 4.78 is 27.9. The molecule has 0 saturated carbocycles. The van der Waals surface area contributed by atoms with Crippen LogP contribution in [0.5, 0.6) is 0 Å². The van der Waals surface area contributed by atoms with Crippen LogP contribution in [0.4, 0.5) is 11.5 Å². The number of benzene rings is 1. The Labute approximate surface area is 138 Å². The molecular formula is C17H23N3O2S. The zero-order valence-electron chi connectivity index (χ0n) is 14.0. The predicted octanol–water partition coefficient (Wildman–Crippen LogP) is 3.63. The van der Waals surface area contributed by atoms with E-state index in [-0.39, 0.29) is 0 Å². The largest absolute Gasteiger partial charge is 0.370 e. The SMILES string of the molecule is CCCNc1ccc(NS(=O)(=O)c2c(C)cc(C)cc2C)cn1. The molecule has 0 spiro atoms. The molecule has 0 aliphatic heterocycles. The van der Waals surface area contributed by atoms with E-state index in [0.29, 0.717) is 10.6 Å². The van der Waals surface area contributed by atoms with E-state index in [2.05, 4.69) is 21.9 Å². The van der Waals surface area contributed by atoms with Gasteiger partial charge < -0.3 is 5.32 Å². The smallest absolute Gasteiger partial charge is 0.262 e. The average molecular weight is 333 g/mol. The lowest BCUT2D eigenvalue weighted by Crippen LogP contribution is -2.16. The Balaban J connectivity index is 2.25. The van der Waals surface area contributed by atoms with Gasteiger partial charge in [0.15, 0.2) is 0 Å². The Kier molecular flexibility index (Phi) is 5.26. The van der Waals surface area contributed by atoms with Crippen molar-refractivity contribution in [2.75, 3.05) is 16.6 Å². The van der Waals surface area contributed by atoms with Crippen molar-refractivity contribution >= 4 is 21.5 Å². The van der Waals surface area contributed by atoms with Crippen molar-refractivity contribution in [2.24, 2.45) is 0 Å². The van der Waals surface area contributed by atoms with Gasteiger partial charge >= 0.3 is 0 Å². The Bertz CT molecular complexity index is 761. The lowest BCUT2D eigenvalue weighted by atomic mass is 10.1. The van der Waals surface area contributed by atoms with Gasteiger partial charge in [0.1, 0.15) is 5.82 Å². The van der Waals surface area contributed by atoms with Crippen LogP contribution in [0.2, 0.25) is 0 Å². The Hall–Kier alpha value is -2.08. The molecule has 0 saturated heterocycles. The Morgan fingerprint density at radius 2 is 1.74 bits per heavy atom. The topological polar surface area (TPSA) is 71.1 Å². The highest BCUT2D eigenvalue weighted by Gasteiger charge is 2.20. The van der Waals surface area contributed by atoms with E-state index >= 15 is 0 Å². The van der Waals surface area contributed by atoms with Crippen molar-refractivity contribution in [2.45, 2.75) is 39.0 Å². The van der Waals surface area contributed by atoms with Crippen LogP contribution in [0.25, 0.3) is 0 Å². The highest BCUT2D eigenvalue weighted by molar-refractivity contribution is 7.92. The normalized spacial score (nSPS) is 11.3. The minimum atomic E-state index is -3.63. The highest BCUT2D eigenvalue weighted by Crippen LogP contribution is 2.24. The number of nitrogens with zero attached hydrogens (tertiary/aromatic N) is 1. The van der Waals surface area contributed by atoms with Crippen LogP contribution in [0.3, 0.4) is 0 Å². The van der Waals surface area contributed by atoms with Crippen molar-refractivity contribution in [3.05, 3.63) is 47.2 Å². The molecule has 0 amide bonds. The van der Waals surface area contributed by atoms with Crippen LogP contribution in [0.15, 0.2) is 35.4 Å². The third-order valence-electron chi connectivity index (χ3n) is 3.45. The van der Waals surface area contributed by atoms with Crippen molar-refractivity contribution < 1.29 is 8.42 Å². The van der Waals surface area contributed by atoms with E-state index in [1.54, 1.807) is 12.1 Å². The van der Waals surface area contributed by atoms with E-state index in [1.165, 1.54) is 6.20 Å². The number of sulfonamides is 1. The van der Waals surface area contributed by atoms with Crippen LogP contribution in [-0.2, 0) is 10.0 Å². The molecule has 0 radical (unpaired) electrons. The summed E-state index contributed by atoms with van der Waals surface area (Å²) in [5.41, 5.74) is 2.98. The fourth-order valence-electron chi connectivity index (χ4n) is 2.61. The number of aromatic nitrogens is 1. The summed E-state index contributed by atoms with van der Waals surface area (Å²) in [6.45, 7) is 8.48. The quantitative estimate of drug-likeness (QED) is 0.847. The van der Waals surface area contributed by atoms with Crippen molar-refractivity contribution in [3.8, 4) is 0 Å². The molecule has 5 nitrogen and oxygen atoms in total. The van der Waals surface area contributed by atoms with Crippen molar-refractivity contribution in [3.63, 3.8) is 0 Å². The monoisotopic (exact) mass is 333 g/mol. The van der Waals surface area contributed by atoms with Gasteiger partial charge in [0, 0.05) is 6.54 Å². The number of hydrogen-bond acceptors (Lipinski definition) is 4. The molecule has 2 aromatic rings. The first-order chi connectivity index (χ1) is 10.8. The standard InChI is InChI=1S/C17H23N3O2S/c1-5-8-18-16-7-6-15(11-19-16)20-23(21,22)17-13(3)9-12(2)10-14(17)4/h6-7,9-11,20H,5,8H2,1-4H3,(H,18,19). The summed E-state index contributed by atoms with van der Waals surface area (Å²) in [5, 5.41) is 3.15. The first-order valence-corrected chi connectivity index (χ1v) is 9.12. The fraction of sp³-hybridized carbons (Fsp3) is 0.353. The number of anilines is 2. The first-order valence-electron chi connectivity index (χ1n) is 7.64. The van der Waals surface area contributed by atoms with Crippen molar-refractivity contribution in [1.29, 1.82) is 0 Å². The molecule has 0 aliphatic rings. The summed E-state index contributed by atoms with van der Waals surface area (Å²) >= 11 is 0. The summed E-state index contributed by atoms with van der Waals surface area (Å²) in [5.74, 6) is 0.734. The predicted molar refractivity (Wildman–Crippen MR) is 94.5 cm³/mol. The van der Waals surface area contributed by atoms with Gasteiger partial charge in [-0.1, -0.05) is 24.6 Å². The molecule has 1 heterocycles. The second-order valence-electron chi connectivity index (χ2n) is 5.69. The maximum Gasteiger partial charge on any atom is 0.262 e. The van der Waals surface area contributed by atoms with Crippen LogP contribution in [0, 0.1) is 20.8 Å². The summed E-state index contributed by atoms with van der Waals surface area (Å²) in [6.07, 6.45) is 2.52. The lowest BCUT2D eigenvalue weighted by Gasteiger charge is -2.14. The van der Waals surface area contributed by atoms with E-state index in [9.17, 15) is 8.42 Å². The van der Waals surface area contributed by atoms with Gasteiger partial charge in [0.2, 0.25) is 0 Å². The van der Waals surface area contributed by atoms with E-state index in [4.69, 9.17) is 0 Å². The maximum atomic E-state index is 12.7. The molecule has 0 bridgehead atoms. The van der Waals surface area contributed by atoms with E-state index in [1.807, 2.05) is 32.9 Å². The van der Waals surface area contributed by atoms with Gasteiger partial charge in [-0.3, -0.25) is 4.72 Å². The second kappa shape index (κ2) is 7.00. The van der Waals surface area contributed by atoms with Gasteiger partial charge in [-0.15, -0.1) is 0 Å². The molecule has 0 unspecified atom stereocenters. The molecule has 0 atom stereocenters. The summed E-state index contributed by atoms with van der Waals surface area (Å²) in [6, 6.07) is 7.22. The number of aryl methyl sites for hydroxylation is 3. The van der Waals surface area contributed by atoms with Gasteiger partial charge in [0.25, 0.3) is 10.0 Å². The highest BCUT2D eigenvalue weighted by atomic mass is 32.2. The van der Waals surface area contributed by atoms with Crippen LogP contribution >= 0.6 is 0 Å². The molecule has 2 rings (SSSR count). The van der Waals surface area contributed by atoms with Gasteiger partial charge in [-0.2, -0.15) is 0 Å². The zero-order valence-corrected chi connectivity index (χ0v) is 14.8. The van der Waals surface area contributed by atoms with Crippen molar-refractivity contribution in [1.82, 2.24) is 4.98 Å². The third kappa shape index (κ3) is 4.22. The zero-order chi connectivity index (χ0) is 17.0. The number of rotatable bonds is 6. The summed E-state index contributed by atoms with van der Waals surface area (Å²) in [4.78, 5) is 4.54. The molecule has 2 N–H and O–H groups in total. The minimum Gasteiger partial charge on any atom is -0.370 e. The first kappa shape index (κ1) is 17.3. The van der Waals surface area contributed by atoms with Gasteiger partial charge in [-0.05, 0) is 50.5 Å². The fourth-order valence-corrected chi connectivity index (χ4v) is 4.11. The van der Waals surface area contributed by atoms with E-state index in [0.717, 1.165) is 35.5 Å². The number of hydrogen-bond donors (Lipinski definition) is 2. The van der Waals surface area contributed by atoms with Gasteiger partial charge in [0.05, 0.1) is 16.8 Å². The molecule has 1 aromatic heterocycles. The van der Waals surface area contributed by atoms with E-state index < -0.39 is 10.0 Å². The number of pyridine rings is 1. The van der Waals surface area contributed by atoms with Gasteiger partial charge in [-0.25, -0.2) is 13.4 Å². The third-order valence-corrected chi connectivity index (χ3v) is 5.13. The van der Waals surface area contributed by atoms with Crippen LogP contribution in [0.1, 0.15) is 30.0 Å². The molecule has 6 heteroatoms. The Morgan fingerprint density at radius 1 is 1.09 bits per heavy atom. The average Bonchev–Trinajstić information content (AvgIpc) is 2.44. The molecule has 23 heavy (non-hydrogen) atoms. The molecule has 0 aliphatic carbocycles.